The predicted molar refractivity (Wildman–Crippen MR) is 105 cm³/mol. The lowest BCUT2D eigenvalue weighted by Gasteiger charge is -2.17. The second kappa shape index (κ2) is 8.89. The van der Waals surface area contributed by atoms with Crippen LogP contribution in [0.3, 0.4) is 0 Å². The van der Waals surface area contributed by atoms with Crippen LogP contribution in [0.5, 0.6) is 0 Å². The van der Waals surface area contributed by atoms with Gasteiger partial charge in [-0.3, -0.25) is 0 Å². The molecule has 3 rings (SSSR count). The van der Waals surface area contributed by atoms with Crippen LogP contribution in [-0.2, 0) is 12.4 Å². The highest BCUT2D eigenvalue weighted by Gasteiger charge is 2.38. The SMILES string of the molecule is CN(C)CCCNc1nc(Nc2ccc(C(F)(F)F)cc2C(F)(F)F)cc(C2CC2)n1. The van der Waals surface area contributed by atoms with E-state index in [4.69, 9.17) is 0 Å². The molecule has 1 aromatic heterocycles. The van der Waals surface area contributed by atoms with Crippen LogP contribution in [0.25, 0.3) is 0 Å². The summed E-state index contributed by atoms with van der Waals surface area (Å²) >= 11 is 0. The maximum absolute atomic E-state index is 13.4. The van der Waals surface area contributed by atoms with E-state index in [9.17, 15) is 26.3 Å². The number of alkyl halides is 6. The molecule has 31 heavy (non-hydrogen) atoms. The normalized spacial score (nSPS) is 14.7. The molecule has 1 aliphatic rings. The van der Waals surface area contributed by atoms with E-state index in [1.54, 1.807) is 6.07 Å². The number of aromatic nitrogens is 2. The number of nitrogens with one attached hydrogen (secondary N) is 2. The van der Waals surface area contributed by atoms with Crippen molar-refractivity contribution in [2.24, 2.45) is 0 Å². The number of halogens is 6. The minimum absolute atomic E-state index is 0.0947. The Bertz CT molecular complexity index is 906. The zero-order chi connectivity index (χ0) is 22.8. The monoisotopic (exact) mass is 447 g/mol. The van der Waals surface area contributed by atoms with Crippen molar-refractivity contribution < 1.29 is 26.3 Å². The van der Waals surface area contributed by atoms with Gasteiger partial charge >= 0.3 is 12.4 Å². The maximum atomic E-state index is 13.4. The van der Waals surface area contributed by atoms with E-state index in [1.807, 2.05) is 19.0 Å². The predicted octanol–water partition coefficient (Wildman–Crippen LogP) is 5.50. The van der Waals surface area contributed by atoms with E-state index in [0.717, 1.165) is 31.9 Å². The lowest BCUT2D eigenvalue weighted by Crippen LogP contribution is -2.17. The van der Waals surface area contributed by atoms with Crippen molar-refractivity contribution in [2.45, 2.75) is 37.5 Å². The third-order valence-electron chi connectivity index (χ3n) is 4.72. The van der Waals surface area contributed by atoms with Crippen LogP contribution >= 0.6 is 0 Å². The van der Waals surface area contributed by atoms with Gasteiger partial charge in [0, 0.05) is 18.5 Å². The molecule has 0 atom stereocenters. The lowest BCUT2D eigenvalue weighted by atomic mass is 10.1. The number of benzene rings is 1. The highest BCUT2D eigenvalue weighted by molar-refractivity contribution is 5.63. The van der Waals surface area contributed by atoms with E-state index in [-0.39, 0.29) is 23.8 Å². The summed E-state index contributed by atoms with van der Waals surface area (Å²) in [5.74, 6) is 0.573. The highest BCUT2D eigenvalue weighted by Crippen LogP contribution is 2.42. The summed E-state index contributed by atoms with van der Waals surface area (Å²) in [6.07, 6.45) is -7.20. The molecule has 0 unspecified atom stereocenters. The summed E-state index contributed by atoms with van der Waals surface area (Å²) < 4.78 is 79.0. The van der Waals surface area contributed by atoms with E-state index < -0.39 is 29.2 Å². The van der Waals surface area contributed by atoms with Crippen LogP contribution in [-0.4, -0.2) is 42.1 Å². The van der Waals surface area contributed by atoms with Gasteiger partial charge in [-0.15, -0.1) is 0 Å². The van der Waals surface area contributed by atoms with Crippen LogP contribution in [0.15, 0.2) is 24.3 Å². The summed E-state index contributed by atoms with van der Waals surface area (Å²) in [5, 5.41) is 5.61. The van der Waals surface area contributed by atoms with Crippen LogP contribution < -0.4 is 10.6 Å². The Labute approximate surface area is 175 Å². The first-order valence-corrected chi connectivity index (χ1v) is 9.76. The van der Waals surface area contributed by atoms with Crippen LogP contribution in [0.2, 0.25) is 0 Å². The van der Waals surface area contributed by atoms with Gasteiger partial charge in [0.05, 0.1) is 22.5 Å². The van der Waals surface area contributed by atoms with Gasteiger partial charge in [-0.25, -0.2) is 4.98 Å². The first-order valence-electron chi connectivity index (χ1n) is 9.76. The third-order valence-corrected chi connectivity index (χ3v) is 4.72. The van der Waals surface area contributed by atoms with Gasteiger partial charge in [-0.2, -0.15) is 31.3 Å². The summed E-state index contributed by atoms with van der Waals surface area (Å²) in [5.41, 5.74) is -2.59. The Morgan fingerprint density at radius 1 is 1.00 bits per heavy atom. The highest BCUT2D eigenvalue weighted by atomic mass is 19.4. The van der Waals surface area contributed by atoms with Crippen molar-refractivity contribution >= 4 is 17.5 Å². The van der Waals surface area contributed by atoms with Crippen molar-refractivity contribution in [2.75, 3.05) is 37.8 Å². The van der Waals surface area contributed by atoms with Gasteiger partial charge in [0.25, 0.3) is 0 Å². The third kappa shape index (κ3) is 6.46. The summed E-state index contributed by atoms with van der Waals surface area (Å²) in [6, 6.07) is 3.03. The number of hydrogen-bond acceptors (Lipinski definition) is 5. The first kappa shape index (κ1) is 23.1. The Hall–Kier alpha value is -2.56. The van der Waals surface area contributed by atoms with Gasteiger partial charge in [0.15, 0.2) is 0 Å². The van der Waals surface area contributed by atoms with Gasteiger partial charge in [-0.1, -0.05) is 0 Å². The van der Waals surface area contributed by atoms with Gasteiger partial charge in [0.1, 0.15) is 5.82 Å². The minimum Gasteiger partial charge on any atom is -0.354 e. The molecular formula is C20H23F6N5. The van der Waals surface area contributed by atoms with Gasteiger partial charge in [0.2, 0.25) is 5.95 Å². The van der Waals surface area contributed by atoms with Crippen molar-refractivity contribution in [3.05, 3.63) is 41.1 Å². The fraction of sp³-hybridized carbons (Fsp3) is 0.500. The summed E-state index contributed by atoms with van der Waals surface area (Å²) in [4.78, 5) is 10.7. The van der Waals surface area contributed by atoms with Crippen molar-refractivity contribution in [1.29, 1.82) is 0 Å². The molecule has 1 heterocycles. The average molecular weight is 447 g/mol. The smallest absolute Gasteiger partial charge is 0.354 e. The molecule has 2 aromatic rings. The Morgan fingerprint density at radius 2 is 1.71 bits per heavy atom. The Balaban J connectivity index is 1.87. The molecule has 0 saturated heterocycles. The van der Waals surface area contributed by atoms with Crippen molar-refractivity contribution in [1.82, 2.24) is 14.9 Å². The van der Waals surface area contributed by atoms with Crippen LogP contribution in [0, 0.1) is 0 Å². The van der Waals surface area contributed by atoms with E-state index in [2.05, 4.69) is 20.6 Å². The zero-order valence-corrected chi connectivity index (χ0v) is 17.0. The minimum atomic E-state index is -4.97. The molecule has 11 heteroatoms. The maximum Gasteiger partial charge on any atom is 0.418 e. The summed E-state index contributed by atoms with van der Waals surface area (Å²) in [7, 11) is 3.88. The first-order chi connectivity index (χ1) is 14.4. The molecular weight excluding hydrogens is 424 g/mol. The second-order valence-electron chi connectivity index (χ2n) is 7.74. The molecule has 0 spiro atoms. The fourth-order valence-electron chi connectivity index (χ4n) is 2.99. The van der Waals surface area contributed by atoms with E-state index in [0.29, 0.717) is 18.3 Å². The Kier molecular flexibility index (Phi) is 6.63. The molecule has 170 valence electrons. The zero-order valence-electron chi connectivity index (χ0n) is 17.0. The molecule has 0 aliphatic heterocycles. The second-order valence-corrected chi connectivity index (χ2v) is 7.74. The molecule has 5 nitrogen and oxygen atoms in total. The van der Waals surface area contributed by atoms with Gasteiger partial charge < -0.3 is 15.5 Å². The molecule has 1 aromatic carbocycles. The van der Waals surface area contributed by atoms with Crippen molar-refractivity contribution in [3.8, 4) is 0 Å². The quantitative estimate of drug-likeness (QED) is 0.414. The van der Waals surface area contributed by atoms with Crippen LogP contribution in [0.4, 0.5) is 43.8 Å². The standard InChI is InChI=1S/C20H23F6N5/c1-31(2)9-3-8-27-18-29-16(12-4-5-12)11-17(30-18)28-15-7-6-13(19(21,22)23)10-14(15)20(24,25)26/h6-7,10-12H,3-5,8-9H2,1-2H3,(H2,27,28,29,30). The van der Waals surface area contributed by atoms with Gasteiger partial charge in [-0.05, 0) is 58.1 Å². The number of rotatable bonds is 8. The number of hydrogen-bond donors (Lipinski definition) is 2. The largest absolute Gasteiger partial charge is 0.418 e. The molecule has 0 radical (unpaired) electrons. The Morgan fingerprint density at radius 3 is 2.29 bits per heavy atom. The topological polar surface area (TPSA) is 53.1 Å². The molecule has 2 N–H and O–H groups in total. The number of anilines is 3. The van der Waals surface area contributed by atoms with E-state index in [1.165, 1.54) is 0 Å². The van der Waals surface area contributed by atoms with Crippen LogP contribution in [0.1, 0.15) is 42.0 Å². The van der Waals surface area contributed by atoms with E-state index >= 15 is 0 Å². The lowest BCUT2D eigenvalue weighted by molar-refractivity contribution is -0.142. The average Bonchev–Trinajstić information content (AvgIpc) is 3.49. The summed E-state index contributed by atoms with van der Waals surface area (Å²) in [6.45, 7) is 1.40. The molecule has 0 bridgehead atoms. The fourth-order valence-corrected chi connectivity index (χ4v) is 2.99. The van der Waals surface area contributed by atoms with Crippen molar-refractivity contribution in [3.63, 3.8) is 0 Å². The molecule has 0 amide bonds. The number of nitrogens with zero attached hydrogens (tertiary/aromatic N) is 3. The molecule has 1 aliphatic carbocycles. The molecule has 1 fully saturated rings. The molecule has 1 saturated carbocycles.